The molecule has 25 heavy (non-hydrogen) atoms. The fraction of sp³-hybridized carbons (Fsp3) is 0.316. The first-order valence-electron chi connectivity index (χ1n) is 8.37. The molecule has 2 aromatic heterocycles. The molecule has 2 heterocycles. The van der Waals surface area contributed by atoms with E-state index in [1.54, 1.807) is 17.3 Å². The van der Waals surface area contributed by atoms with Crippen LogP contribution in [-0.4, -0.2) is 37.2 Å². The van der Waals surface area contributed by atoms with Crippen LogP contribution >= 0.6 is 0 Å². The number of para-hydroxylation sites is 1. The van der Waals surface area contributed by atoms with Crippen LogP contribution in [0.5, 0.6) is 0 Å². The Morgan fingerprint density at radius 2 is 2.04 bits per heavy atom. The van der Waals surface area contributed by atoms with Crippen LogP contribution in [0.2, 0.25) is 0 Å². The van der Waals surface area contributed by atoms with E-state index in [0.717, 1.165) is 17.1 Å². The van der Waals surface area contributed by atoms with E-state index in [1.165, 1.54) is 0 Å². The number of benzene rings is 1. The van der Waals surface area contributed by atoms with E-state index in [-0.39, 0.29) is 11.9 Å². The highest BCUT2D eigenvalue weighted by atomic mass is 16.2. The van der Waals surface area contributed by atoms with Gasteiger partial charge in [0.25, 0.3) is 0 Å². The lowest BCUT2D eigenvalue weighted by atomic mass is 10.2. The number of imidazole rings is 1. The molecule has 0 N–H and O–H groups in total. The Morgan fingerprint density at radius 1 is 1.28 bits per heavy atom. The van der Waals surface area contributed by atoms with Gasteiger partial charge in [0.1, 0.15) is 5.82 Å². The number of hydrogen-bond acceptors (Lipinski definition) is 3. The van der Waals surface area contributed by atoms with Crippen molar-refractivity contribution >= 4 is 5.91 Å². The molecule has 130 valence electrons. The summed E-state index contributed by atoms with van der Waals surface area (Å²) in [5.41, 5.74) is 2.01. The zero-order chi connectivity index (χ0) is 17.8. The highest BCUT2D eigenvalue weighted by Gasteiger charge is 2.16. The van der Waals surface area contributed by atoms with E-state index in [9.17, 15) is 4.79 Å². The van der Waals surface area contributed by atoms with Gasteiger partial charge in [-0.3, -0.25) is 4.79 Å². The lowest BCUT2D eigenvalue weighted by molar-refractivity contribution is -0.131. The summed E-state index contributed by atoms with van der Waals surface area (Å²) in [6.45, 7) is 4.53. The molecule has 0 saturated heterocycles. The second-order valence-corrected chi connectivity index (χ2v) is 6.31. The molecular formula is C19H23N5O. The minimum Gasteiger partial charge on any atom is -0.341 e. The molecule has 3 aromatic rings. The maximum atomic E-state index is 12.5. The predicted octanol–water partition coefficient (Wildman–Crippen LogP) is 2.99. The summed E-state index contributed by atoms with van der Waals surface area (Å²) < 4.78 is 3.85. The van der Waals surface area contributed by atoms with Crippen molar-refractivity contribution in [2.45, 2.75) is 32.9 Å². The number of aromatic nitrogens is 4. The maximum absolute atomic E-state index is 12.5. The molecule has 0 unspecified atom stereocenters. The minimum atomic E-state index is 0.0875. The van der Waals surface area contributed by atoms with Gasteiger partial charge < -0.3 is 9.47 Å². The first-order valence-corrected chi connectivity index (χ1v) is 8.37. The highest BCUT2D eigenvalue weighted by molar-refractivity contribution is 5.76. The smallest absolute Gasteiger partial charge is 0.224 e. The molecule has 0 spiro atoms. The monoisotopic (exact) mass is 337 g/mol. The third-order valence-electron chi connectivity index (χ3n) is 4.31. The van der Waals surface area contributed by atoms with Gasteiger partial charge >= 0.3 is 0 Å². The Hall–Kier alpha value is -2.89. The van der Waals surface area contributed by atoms with Gasteiger partial charge in [-0.2, -0.15) is 5.10 Å². The van der Waals surface area contributed by atoms with E-state index < -0.39 is 0 Å². The number of nitrogens with zero attached hydrogens (tertiary/aromatic N) is 5. The van der Waals surface area contributed by atoms with Crippen LogP contribution < -0.4 is 0 Å². The second-order valence-electron chi connectivity index (χ2n) is 6.31. The van der Waals surface area contributed by atoms with Gasteiger partial charge in [0.2, 0.25) is 5.91 Å². The molecular weight excluding hydrogens is 314 g/mol. The average molecular weight is 337 g/mol. The summed E-state index contributed by atoms with van der Waals surface area (Å²) in [6, 6.07) is 10.0. The second kappa shape index (κ2) is 7.34. The minimum absolute atomic E-state index is 0.0875. The molecule has 1 amide bonds. The third-order valence-corrected chi connectivity index (χ3v) is 4.31. The summed E-state index contributed by atoms with van der Waals surface area (Å²) >= 11 is 0. The van der Waals surface area contributed by atoms with Gasteiger partial charge in [-0.25, -0.2) is 9.67 Å². The molecule has 6 heteroatoms. The Morgan fingerprint density at radius 3 is 2.72 bits per heavy atom. The topological polar surface area (TPSA) is 56.0 Å². The predicted molar refractivity (Wildman–Crippen MR) is 96.3 cm³/mol. The first-order chi connectivity index (χ1) is 12.0. The van der Waals surface area contributed by atoms with E-state index in [4.69, 9.17) is 0 Å². The van der Waals surface area contributed by atoms with E-state index in [1.807, 2.05) is 72.9 Å². The molecule has 0 saturated carbocycles. The number of carbonyl (C=O) groups is 1. The molecule has 0 aliphatic carbocycles. The van der Waals surface area contributed by atoms with E-state index in [2.05, 4.69) is 10.1 Å². The van der Waals surface area contributed by atoms with Crippen molar-refractivity contribution in [1.29, 1.82) is 0 Å². The van der Waals surface area contributed by atoms with Gasteiger partial charge in [-0.05, 0) is 26.0 Å². The normalized spacial score (nSPS) is 12.1. The zero-order valence-electron chi connectivity index (χ0n) is 14.8. The van der Waals surface area contributed by atoms with Crippen LogP contribution in [0.15, 0.2) is 55.1 Å². The molecule has 0 bridgehead atoms. The fourth-order valence-electron chi connectivity index (χ4n) is 2.89. The van der Waals surface area contributed by atoms with Crippen LogP contribution in [0.4, 0.5) is 0 Å². The maximum Gasteiger partial charge on any atom is 0.224 e. The summed E-state index contributed by atoms with van der Waals surface area (Å²) in [5, 5.41) is 4.38. The summed E-state index contributed by atoms with van der Waals surface area (Å²) in [4.78, 5) is 18.5. The number of hydrogen-bond donors (Lipinski definition) is 0. The van der Waals surface area contributed by atoms with Crippen molar-refractivity contribution in [3.63, 3.8) is 0 Å². The van der Waals surface area contributed by atoms with Crippen molar-refractivity contribution in [3.05, 3.63) is 66.5 Å². The van der Waals surface area contributed by atoms with Crippen LogP contribution in [0.25, 0.3) is 5.69 Å². The molecule has 0 aliphatic rings. The third kappa shape index (κ3) is 3.96. The molecule has 1 atom stereocenters. The number of amides is 1. The fourth-order valence-corrected chi connectivity index (χ4v) is 2.89. The molecule has 1 aromatic carbocycles. The Balaban J connectivity index is 1.60. The number of rotatable bonds is 6. The number of aryl methyl sites for hydroxylation is 1. The van der Waals surface area contributed by atoms with Crippen molar-refractivity contribution in [2.24, 2.45) is 0 Å². The van der Waals surface area contributed by atoms with Gasteiger partial charge in [-0.15, -0.1) is 0 Å². The van der Waals surface area contributed by atoms with E-state index >= 15 is 0 Å². The van der Waals surface area contributed by atoms with Gasteiger partial charge in [0.05, 0.1) is 11.9 Å². The quantitative estimate of drug-likeness (QED) is 0.695. The lowest BCUT2D eigenvalue weighted by Gasteiger charge is -2.20. The Labute approximate surface area is 147 Å². The van der Waals surface area contributed by atoms with Gasteiger partial charge in [0, 0.05) is 50.2 Å². The Kier molecular flexibility index (Phi) is 4.97. The van der Waals surface area contributed by atoms with Crippen LogP contribution in [0.3, 0.4) is 0 Å². The first kappa shape index (κ1) is 17.0. The van der Waals surface area contributed by atoms with Gasteiger partial charge in [-0.1, -0.05) is 18.2 Å². The van der Waals surface area contributed by atoms with Crippen molar-refractivity contribution in [3.8, 4) is 5.69 Å². The SMILES string of the molecule is Cc1nccn1[C@H](C)CC(=O)N(C)Cc1cnn(-c2ccccc2)c1. The summed E-state index contributed by atoms with van der Waals surface area (Å²) in [7, 11) is 1.83. The van der Waals surface area contributed by atoms with Crippen LogP contribution in [0, 0.1) is 6.92 Å². The van der Waals surface area contributed by atoms with Crippen LogP contribution in [-0.2, 0) is 11.3 Å². The van der Waals surface area contributed by atoms with Crippen molar-refractivity contribution in [1.82, 2.24) is 24.2 Å². The molecule has 3 rings (SSSR count). The van der Waals surface area contributed by atoms with E-state index in [0.29, 0.717) is 13.0 Å². The summed E-state index contributed by atoms with van der Waals surface area (Å²) in [5.74, 6) is 1.03. The average Bonchev–Trinajstić information content (AvgIpc) is 3.24. The molecule has 0 fully saturated rings. The standard InChI is InChI=1S/C19H23N5O/c1-15(23-10-9-20-16(23)2)11-19(25)22(3)13-17-12-21-24(14-17)18-7-5-4-6-8-18/h4-10,12,14-15H,11,13H2,1-3H3/t15-/m1/s1. The lowest BCUT2D eigenvalue weighted by Crippen LogP contribution is -2.28. The Bertz CT molecular complexity index is 836. The zero-order valence-corrected chi connectivity index (χ0v) is 14.8. The highest BCUT2D eigenvalue weighted by Crippen LogP contribution is 2.15. The largest absolute Gasteiger partial charge is 0.341 e. The molecule has 0 aliphatic heterocycles. The van der Waals surface area contributed by atoms with Crippen molar-refractivity contribution in [2.75, 3.05) is 7.05 Å². The van der Waals surface area contributed by atoms with Crippen molar-refractivity contribution < 1.29 is 4.79 Å². The molecule has 0 radical (unpaired) electrons. The van der Waals surface area contributed by atoms with Gasteiger partial charge in [0.15, 0.2) is 0 Å². The van der Waals surface area contributed by atoms with Crippen LogP contribution in [0.1, 0.15) is 30.8 Å². The summed E-state index contributed by atoms with van der Waals surface area (Å²) in [6.07, 6.45) is 7.89. The number of carbonyl (C=O) groups excluding carboxylic acids is 1. The molecule has 6 nitrogen and oxygen atoms in total.